The maximum absolute atomic E-state index is 3.80. The summed E-state index contributed by atoms with van der Waals surface area (Å²) in [5, 5.41) is 2.49. The first-order valence-corrected chi connectivity index (χ1v) is 19.1. The minimum atomic E-state index is -0.0472. The zero-order valence-electron chi connectivity index (χ0n) is 33.5. The van der Waals surface area contributed by atoms with Gasteiger partial charge in [0.05, 0.1) is 0 Å². The highest BCUT2D eigenvalue weighted by molar-refractivity contribution is 6.22. The monoisotopic (exact) mass is 698 g/mol. The van der Waals surface area contributed by atoms with Crippen LogP contribution in [0.5, 0.6) is 0 Å². The molecule has 0 atom stereocenters. The molecule has 0 saturated heterocycles. The smallest absolute Gasteiger partial charge is 0.0491 e. The molecule has 0 saturated carbocycles. The maximum Gasteiger partial charge on any atom is 0.0491 e. The minimum Gasteiger partial charge on any atom is -0.0603 e. The van der Waals surface area contributed by atoms with Gasteiger partial charge in [-0.3, -0.25) is 0 Å². The molecular weight excluding hydrogens is 649 g/mol. The van der Waals surface area contributed by atoms with Gasteiger partial charge in [0.1, 0.15) is 0 Å². The molecule has 0 nitrogen and oxygen atoms in total. The van der Waals surface area contributed by atoms with Crippen molar-refractivity contribution >= 4 is 33.1 Å². The van der Waals surface area contributed by atoms with Gasteiger partial charge in [0.25, 0.3) is 0 Å². The Hall–Kier alpha value is -5.82. The third kappa shape index (κ3) is 7.49. The summed E-state index contributed by atoms with van der Waals surface area (Å²) in [4.78, 5) is 0. The summed E-state index contributed by atoms with van der Waals surface area (Å²) in [6.45, 7) is 22.3. The van der Waals surface area contributed by atoms with E-state index in [1.165, 1.54) is 55.3 Å². The van der Waals surface area contributed by atoms with Crippen LogP contribution in [0.25, 0.3) is 33.1 Å². The van der Waals surface area contributed by atoms with Crippen molar-refractivity contribution in [2.45, 2.75) is 80.1 Å². The fraction of sp³-hybridized carbons (Fsp3) is 0.222. The molecule has 54 heavy (non-hydrogen) atoms. The van der Waals surface area contributed by atoms with Gasteiger partial charge in [0.15, 0.2) is 0 Å². The number of hydrogen-bond acceptors (Lipinski definition) is 0. The molecule has 0 aromatic heterocycles. The van der Waals surface area contributed by atoms with E-state index < -0.39 is 0 Å². The normalized spacial score (nSPS) is 12.3. The Morgan fingerprint density at radius 1 is 0.389 bits per heavy atom. The third-order valence-electron chi connectivity index (χ3n) is 10.6. The lowest BCUT2D eigenvalue weighted by atomic mass is 9.81. The molecule has 1 aliphatic carbocycles. The molecule has 6 aromatic carbocycles. The van der Waals surface area contributed by atoms with Crippen LogP contribution < -0.4 is 0 Å². The van der Waals surface area contributed by atoms with Crippen LogP contribution >= 0.6 is 0 Å². The van der Waals surface area contributed by atoms with Crippen molar-refractivity contribution in [2.75, 3.05) is 0 Å². The van der Waals surface area contributed by atoms with Crippen LogP contribution in [0.15, 0.2) is 144 Å². The molecule has 0 heterocycles. The fourth-order valence-corrected chi connectivity index (χ4v) is 7.06. The molecule has 0 spiro atoms. The second kappa shape index (κ2) is 14.2. The SMILES string of the molecule is Cc1ccc(C(=C=C=C2C(=C=C=C(c3ccc(C)cc3)c3ccc(C)cc3)c3cc(C(C)(C)C)cc4cc(C(C)(C)C)cc2c34)c2ccc(C)cc2)cc1. The van der Waals surface area contributed by atoms with E-state index in [0.29, 0.717) is 0 Å². The lowest BCUT2D eigenvalue weighted by Gasteiger charge is -2.23. The molecule has 0 amide bonds. The van der Waals surface area contributed by atoms with Crippen LogP contribution in [-0.2, 0) is 10.8 Å². The van der Waals surface area contributed by atoms with Crippen LogP contribution in [0.2, 0.25) is 0 Å². The Labute approximate surface area is 322 Å². The van der Waals surface area contributed by atoms with Crippen LogP contribution in [0.1, 0.15) is 108 Å². The molecule has 0 N–H and O–H groups in total. The van der Waals surface area contributed by atoms with Gasteiger partial charge in [-0.15, -0.1) is 0 Å². The molecule has 0 fully saturated rings. The van der Waals surface area contributed by atoms with Gasteiger partial charge in [-0.1, -0.05) is 196 Å². The summed E-state index contributed by atoms with van der Waals surface area (Å²) in [6, 6.07) is 44.4. The first-order chi connectivity index (χ1) is 25.7. The van der Waals surface area contributed by atoms with Crippen molar-refractivity contribution in [1.29, 1.82) is 0 Å². The molecule has 6 aromatic rings. The second-order valence-electron chi connectivity index (χ2n) is 17.1. The van der Waals surface area contributed by atoms with E-state index >= 15 is 0 Å². The van der Waals surface area contributed by atoms with E-state index in [1.807, 2.05) is 0 Å². The maximum atomic E-state index is 3.80. The lowest BCUT2D eigenvalue weighted by Crippen LogP contribution is -2.12. The third-order valence-corrected chi connectivity index (χ3v) is 10.6. The molecular formula is C54H50. The molecule has 1 aliphatic rings. The first-order valence-electron chi connectivity index (χ1n) is 19.1. The zero-order valence-corrected chi connectivity index (χ0v) is 33.5. The standard InChI is InChI=1S/C54H50/c1-35-11-19-39(20-12-35)46(40-21-13-36(2)14-22-40)27-29-48-49(30-28-47(41-23-15-37(3)16-24-41)42-25-17-38(4)18-26-42)51-34-45(54(8,9)10)32-43-31-44(53(5,6)7)33-50(48)52(43)51/h11-26,31-34H,1-10H3. The van der Waals surface area contributed by atoms with Gasteiger partial charge in [-0.2, -0.15) is 0 Å². The predicted octanol–water partition coefficient (Wildman–Crippen LogP) is 14.2. The topological polar surface area (TPSA) is 0 Å². The van der Waals surface area contributed by atoms with Crippen molar-refractivity contribution in [3.05, 3.63) is 211 Å². The van der Waals surface area contributed by atoms with Crippen molar-refractivity contribution in [1.82, 2.24) is 0 Å². The Morgan fingerprint density at radius 3 is 0.926 bits per heavy atom. The molecule has 0 radical (unpaired) electrons. The molecule has 0 aliphatic heterocycles. The van der Waals surface area contributed by atoms with E-state index in [-0.39, 0.29) is 10.8 Å². The molecule has 7 rings (SSSR count). The number of hydrogen-bond donors (Lipinski definition) is 0. The van der Waals surface area contributed by atoms with Crippen LogP contribution in [0.4, 0.5) is 0 Å². The van der Waals surface area contributed by atoms with E-state index in [1.54, 1.807) is 0 Å². The number of aryl methyl sites for hydroxylation is 4. The Bertz CT molecular complexity index is 2330. The highest BCUT2D eigenvalue weighted by atomic mass is 14.3. The van der Waals surface area contributed by atoms with Gasteiger partial charge >= 0.3 is 0 Å². The summed E-state index contributed by atoms with van der Waals surface area (Å²) in [6.07, 6.45) is 0. The average molecular weight is 699 g/mol. The minimum absolute atomic E-state index is 0.0472. The van der Waals surface area contributed by atoms with Gasteiger partial charge in [-0.05, 0) is 94.8 Å². The Kier molecular flexibility index (Phi) is 9.61. The van der Waals surface area contributed by atoms with Crippen molar-refractivity contribution < 1.29 is 0 Å². The molecule has 0 heteroatoms. The van der Waals surface area contributed by atoms with Gasteiger partial charge < -0.3 is 0 Å². The summed E-state index contributed by atoms with van der Waals surface area (Å²) < 4.78 is 0. The van der Waals surface area contributed by atoms with Crippen LogP contribution in [0.3, 0.4) is 0 Å². The molecule has 0 unspecified atom stereocenters. The van der Waals surface area contributed by atoms with Crippen LogP contribution in [-0.4, -0.2) is 0 Å². The van der Waals surface area contributed by atoms with E-state index in [0.717, 1.165) is 44.5 Å². The van der Waals surface area contributed by atoms with Gasteiger partial charge in [0.2, 0.25) is 0 Å². The van der Waals surface area contributed by atoms with Crippen molar-refractivity contribution in [3.8, 4) is 0 Å². The zero-order chi connectivity index (χ0) is 38.4. The summed E-state index contributed by atoms with van der Waals surface area (Å²) in [5.74, 6) is 0. The fourth-order valence-electron chi connectivity index (χ4n) is 7.06. The molecule has 0 bridgehead atoms. The average Bonchev–Trinajstić information content (AvgIpc) is 3.43. The first kappa shape index (κ1) is 36.5. The summed E-state index contributed by atoms with van der Waals surface area (Å²) >= 11 is 0. The highest BCUT2D eigenvalue weighted by Gasteiger charge is 2.29. The summed E-state index contributed by atoms with van der Waals surface area (Å²) in [7, 11) is 0. The number of allylic oxidation sites excluding steroid dienone is 2. The van der Waals surface area contributed by atoms with E-state index in [9.17, 15) is 0 Å². The van der Waals surface area contributed by atoms with E-state index in [2.05, 4.69) is 213 Å². The highest BCUT2D eigenvalue weighted by Crippen LogP contribution is 2.48. The predicted molar refractivity (Wildman–Crippen MR) is 232 cm³/mol. The molecule has 266 valence electrons. The quantitative estimate of drug-likeness (QED) is 0.161. The van der Waals surface area contributed by atoms with Crippen molar-refractivity contribution in [2.24, 2.45) is 0 Å². The van der Waals surface area contributed by atoms with Crippen molar-refractivity contribution in [3.63, 3.8) is 0 Å². The largest absolute Gasteiger partial charge is 0.0603 e. The Morgan fingerprint density at radius 2 is 0.667 bits per heavy atom. The number of rotatable bonds is 4. The lowest BCUT2D eigenvalue weighted by molar-refractivity contribution is 0.589. The van der Waals surface area contributed by atoms with Crippen LogP contribution in [0, 0.1) is 27.7 Å². The van der Waals surface area contributed by atoms with Gasteiger partial charge in [0, 0.05) is 33.4 Å². The summed E-state index contributed by atoms with van der Waals surface area (Å²) in [5.41, 5.74) is 33.3. The van der Waals surface area contributed by atoms with Gasteiger partial charge in [-0.25, -0.2) is 0 Å². The second-order valence-corrected chi connectivity index (χ2v) is 17.1. The van der Waals surface area contributed by atoms with E-state index in [4.69, 9.17) is 0 Å². The Balaban J connectivity index is 1.67. The number of benzene rings is 6.